The van der Waals surface area contributed by atoms with E-state index >= 15 is 0 Å². The molecule has 834 valence electrons. The molecule has 0 aromatic heterocycles. The van der Waals surface area contributed by atoms with Gasteiger partial charge in [-0.1, -0.05) is 19.3 Å². The Morgan fingerprint density at radius 3 is 1.20 bits per heavy atom. The van der Waals surface area contributed by atoms with Gasteiger partial charge in [0.2, 0.25) is 11.8 Å². The summed E-state index contributed by atoms with van der Waals surface area (Å²) in [6, 6.07) is 15.9. The summed E-state index contributed by atoms with van der Waals surface area (Å²) in [5.74, 6) is 0.376. The second-order valence-corrected chi connectivity index (χ2v) is 49.8. The summed E-state index contributed by atoms with van der Waals surface area (Å²) in [4.78, 5) is 74.5. The van der Waals surface area contributed by atoms with Crippen molar-refractivity contribution in [3.63, 3.8) is 0 Å². The zero-order valence-corrected chi connectivity index (χ0v) is 97.8. The SMILES string of the molecule is CC(C)N1C2CCC1CN(C)C2.CC(C)N1CCC(N(C)C)CC1.CC(C)N1CCCC(O)C1.CC(C)N1CCN(C)CC12CC2.CC(C)N1CCN(CCF)CC1.CC(C)N1CCN(CCO)CC1.CC(C)N1CCN2CCCCC2C1.CC(C)N1CCN2CCC[C@@H]2C1.CC(C)N1CCN2CCC[C@H]2C1.CC(C)N1CCNC(=O)C1.CC(C)N1CCNCC1=O.CC(C)N1C[C@@H]2C[C@H]1CN2C1CCCC1. The number of rotatable bonds is 18. The lowest BCUT2D eigenvalue weighted by Gasteiger charge is -2.45. The van der Waals surface area contributed by atoms with Gasteiger partial charge in [0, 0.05) is 335 Å². The average Bonchev–Trinajstić information content (AvgIpc) is 1.60. The van der Waals surface area contributed by atoms with E-state index in [0.717, 1.165) is 208 Å². The number of nitrogens with zero attached hydrogens (tertiary/aromatic N) is 21. The van der Waals surface area contributed by atoms with E-state index in [9.17, 15) is 19.1 Å². The Balaban J connectivity index is 0.000000190. The van der Waals surface area contributed by atoms with Gasteiger partial charge in [-0.05, 0) is 343 Å². The number of likely N-dealkylation sites (tertiary alicyclic amines) is 5. The Hall–Kier alpha value is -2.05. The van der Waals surface area contributed by atoms with Crippen LogP contribution in [0.2, 0.25) is 0 Å². The van der Waals surface area contributed by atoms with Crippen LogP contribution in [0.25, 0.3) is 0 Å². The van der Waals surface area contributed by atoms with E-state index in [4.69, 9.17) is 5.11 Å². The number of carbonyl (C=O) groups is 2. The molecule has 2 saturated carbocycles. The van der Waals surface area contributed by atoms with Gasteiger partial charge in [0.05, 0.1) is 25.8 Å². The molecular formula is C114H232FN23O4. The van der Waals surface area contributed by atoms with Crippen molar-refractivity contribution in [1.82, 2.24) is 114 Å². The zero-order chi connectivity index (χ0) is 104. The minimum atomic E-state index is -0.207. The molecule has 17 aliphatic heterocycles. The molecule has 17 saturated heterocycles. The number of likely N-dealkylation sites (N-methyl/N-ethyl adjacent to an activating group) is 2. The molecule has 142 heavy (non-hydrogen) atoms. The largest absolute Gasteiger partial charge is 0.395 e. The maximum atomic E-state index is 12.0. The third kappa shape index (κ3) is 42.1. The topological polar surface area (TPSA) is 167 Å². The number of alkyl halides is 1. The molecule has 1 spiro atoms. The van der Waals surface area contributed by atoms with Crippen LogP contribution < -0.4 is 10.6 Å². The zero-order valence-electron chi connectivity index (χ0n) is 97.8. The average molecular weight is 2010 g/mol. The van der Waals surface area contributed by atoms with E-state index < -0.39 is 0 Å². The van der Waals surface area contributed by atoms with Crippen LogP contribution in [0, 0.1) is 0 Å². The minimum absolute atomic E-state index is 0.0730. The normalized spacial score (nSPS) is 28.9. The van der Waals surface area contributed by atoms with Gasteiger partial charge in [-0.3, -0.25) is 88.0 Å². The van der Waals surface area contributed by atoms with E-state index in [1.165, 1.54) is 253 Å². The van der Waals surface area contributed by atoms with Crippen LogP contribution >= 0.6 is 0 Å². The fourth-order valence-electron chi connectivity index (χ4n) is 26.1. The number of hydrogen-bond donors (Lipinski definition) is 4. The Morgan fingerprint density at radius 1 is 0.366 bits per heavy atom. The van der Waals surface area contributed by atoms with Crippen LogP contribution in [-0.4, -0.2) is 560 Å². The van der Waals surface area contributed by atoms with E-state index in [0.29, 0.717) is 62.0 Å². The summed E-state index contributed by atoms with van der Waals surface area (Å²) in [7, 11) is 8.88. The third-order valence-corrected chi connectivity index (χ3v) is 35.5. The molecule has 4 N–H and O–H groups in total. The molecule has 2 amide bonds. The maximum absolute atomic E-state index is 12.0. The van der Waals surface area contributed by atoms with Crippen molar-refractivity contribution in [3.05, 3.63) is 0 Å². The van der Waals surface area contributed by atoms with Gasteiger partial charge in [0.15, 0.2) is 0 Å². The number of β-amino-alcohol motifs (C(OH)–C–C–N with tert-alkyl or cyclic N) is 2. The van der Waals surface area contributed by atoms with E-state index in [2.05, 4.69) is 289 Å². The Labute approximate surface area is 874 Å². The number of piperazine rings is 10. The molecule has 4 unspecified atom stereocenters. The fraction of sp³-hybridized carbons (Fsp3) is 0.982. The standard InChI is InChI=1S/C13H24N2.C11H22N2.4C10H20N2.C10H22N2.C9H19FN2.C9H20N2O.C8H17NO.2C7H14N2O/c1-10(2)14-8-13-7-12(14)9-15(13)11-5-3-4-6-11;1-10(2)13-8-7-12-6-4-3-5-11(12)9-13;1-8(2)12-9-4-5-10(12)7-11(3)6-9;1-9(2)12-7-6-11(3)8-10(12)4-5-10;2*1-9(2)12-7-6-11-5-3-4-10(11)8-12;1-9(2)12-7-5-10(6-8-12)11(3)4;1-9(2)12-7-5-11(4-3-10)6-8-12;1-9(2)11-5-3-10(4-6-11)7-8-12;1-7(2)9-5-3-4-8(10)6-9;1-6(2)9-4-3-8-7(10)5-9;1-6(2)9-4-3-8-5-7(9)10/h10-13H,3-9H2,1-2H3;10-11H,3-9H2,1-2H3;8-10H,4-7H2,1-3H3;9H,4-8H2,1-3H3;2*9-10H,3-8H2,1-2H3;9-10H,5-8H2,1-4H3;9H,3-8H2,1-2H3;9,12H,3-8H2,1-2H3;7-8,10H,3-6H2,1-2H3;6H,3-5H2,1-2H3,(H,8,10);6,8H,3-5H2,1-2H3/t12-,13-;;;;2*10-;;;;;;/m0...10....../s1. The van der Waals surface area contributed by atoms with Gasteiger partial charge in [0.25, 0.3) is 0 Å². The number of fused-ring (bicyclic) bond motifs is 7. The molecule has 27 nitrogen and oxygen atoms in total. The highest BCUT2D eigenvalue weighted by Crippen LogP contribution is 2.45. The number of amides is 2. The first-order chi connectivity index (χ1) is 67.6. The van der Waals surface area contributed by atoms with Crippen molar-refractivity contribution in [2.24, 2.45) is 0 Å². The highest BCUT2D eigenvalue weighted by atomic mass is 19.1. The summed E-state index contributed by atoms with van der Waals surface area (Å²) in [5, 5.41) is 23.8. The maximum Gasteiger partial charge on any atom is 0.236 e. The van der Waals surface area contributed by atoms with Crippen molar-refractivity contribution in [3.8, 4) is 0 Å². The molecule has 4 bridgehead atoms. The second-order valence-electron chi connectivity index (χ2n) is 49.8. The van der Waals surface area contributed by atoms with Gasteiger partial charge in [-0.2, -0.15) is 0 Å². The summed E-state index contributed by atoms with van der Waals surface area (Å²) in [5.41, 5.74) is 0.598. The lowest BCUT2D eigenvalue weighted by Crippen LogP contribution is -2.56. The molecule has 2 aliphatic carbocycles. The van der Waals surface area contributed by atoms with Gasteiger partial charge >= 0.3 is 0 Å². The van der Waals surface area contributed by atoms with Crippen LogP contribution in [0.4, 0.5) is 4.39 Å². The number of aliphatic hydroxyl groups excluding tert-OH is 2. The lowest BCUT2D eigenvalue weighted by atomic mass is 9.99. The van der Waals surface area contributed by atoms with E-state index in [1.807, 2.05) is 18.7 Å². The van der Waals surface area contributed by atoms with Crippen LogP contribution in [0.5, 0.6) is 0 Å². The van der Waals surface area contributed by atoms with Gasteiger partial charge in [-0.25, -0.2) is 4.39 Å². The summed E-state index contributed by atoms with van der Waals surface area (Å²) in [6.07, 6.45) is 27.8. The van der Waals surface area contributed by atoms with Gasteiger partial charge < -0.3 is 45.3 Å². The van der Waals surface area contributed by atoms with Crippen molar-refractivity contribution in [2.75, 3.05) is 297 Å². The Bertz CT molecular complexity index is 3190. The van der Waals surface area contributed by atoms with Gasteiger partial charge in [-0.15, -0.1) is 0 Å². The lowest BCUT2D eigenvalue weighted by molar-refractivity contribution is -0.133. The van der Waals surface area contributed by atoms with Crippen molar-refractivity contribution in [1.29, 1.82) is 0 Å². The van der Waals surface area contributed by atoms with Crippen molar-refractivity contribution < 1.29 is 24.2 Å². The molecule has 19 rings (SSSR count). The number of aliphatic hydroxyl groups is 2. The molecule has 28 heteroatoms. The number of carbonyl (C=O) groups excluding carboxylic acids is 2. The predicted molar refractivity (Wildman–Crippen MR) is 598 cm³/mol. The third-order valence-electron chi connectivity index (χ3n) is 35.5. The van der Waals surface area contributed by atoms with E-state index in [1.54, 1.807) is 0 Å². The monoisotopic (exact) mass is 2010 g/mol. The van der Waals surface area contributed by atoms with Crippen LogP contribution in [0.3, 0.4) is 0 Å². The molecule has 0 radical (unpaired) electrons. The first-order valence-corrected chi connectivity index (χ1v) is 59.4. The number of nitrogens with one attached hydrogen (secondary N) is 2. The van der Waals surface area contributed by atoms with Crippen LogP contribution in [-0.2, 0) is 9.59 Å². The van der Waals surface area contributed by atoms with Gasteiger partial charge in [0.1, 0.15) is 6.67 Å². The first-order valence-electron chi connectivity index (χ1n) is 59.4. The molecule has 19 aliphatic rings. The highest BCUT2D eigenvalue weighted by molar-refractivity contribution is 5.79. The molecule has 0 aromatic carbocycles. The number of piperidine rings is 3. The molecular weight excluding hydrogens is 1770 g/mol. The Morgan fingerprint density at radius 2 is 0.810 bits per heavy atom. The van der Waals surface area contributed by atoms with E-state index in [-0.39, 0.29) is 24.6 Å². The second kappa shape index (κ2) is 64.8. The molecule has 0 aromatic rings. The molecule has 17 heterocycles. The Kier molecular flexibility index (Phi) is 57.1. The highest BCUT2D eigenvalue weighted by Gasteiger charge is 2.52. The summed E-state index contributed by atoms with van der Waals surface area (Å²) in [6.45, 7) is 98.5. The van der Waals surface area contributed by atoms with Crippen molar-refractivity contribution in [2.45, 2.75) is 433 Å². The summed E-state index contributed by atoms with van der Waals surface area (Å²) < 4.78 is 12.0. The number of hydrogen-bond acceptors (Lipinski definition) is 25. The van der Waals surface area contributed by atoms with Crippen LogP contribution in [0.1, 0.15) is 295 Å². The quantitative estimate of drug-likeness (QED) is 0.102. The minimum Gasteiger partial charge on any atom is -0.395 e. The van der Waals surface area contributed by atoms with Crippen LogP contribution in [0.15, 0.2) is 0 Å². The summed E-state index contributed by atoms with van der Waals surface area (Å²) >= 11 is 0. The fourth-order valence-corrected chi connectivity index (χ4v) is 26.1. The van der Waals surface area contributed by atoms with Crippen molar-refractivity contribution >= 4 is 11.8 Å². The molecule has 19 fully saturated rings. The number of halogens is 1. The molecule has 8 atom stereocenters. The smallest absolute Gasteiger partial charge is 0.236 e. The predicted octanol–water partition coefficient (Wildman–Crippen LogP) is 11.3. The first kappa shape index (κ1) is 125.